The molecule has 0 fully saturated rings. The molecule has 2 aromatic heterocycles. The van der Waals surface area contributed by atoms with Gasteiger partial charge in [-0.25, -0.2) is 4.79 Å². The van der Waals surface area contributed by atoms with Crippen molar-refractivity contribution < 1.29 is 19.1 Å². The lowest BCUT2D eigenvalue weighted by Crippen LogP contribution is -2.17. The second-order valence-electron chi connectivity index (χ2n) is 8.15. The van der Waals surface area contributed by atoms with Gasteiger partial charge in [0.25, 0.3) is 0 Å². The molecule has 2 heterocycles. The van der Waals surface area contributed by atoms with E-state index in [9.17, 15) is 9.59 Å². The van der Waals surface area contributed by atoms with Crippen LogP contribution in [0.2, 0.25) is 0 Å². The lowest BCUT2D eigenvalue weighted by Gasteiger charge is -2.10. The van der Waals surface area contributed by atoms with E-state index < -0.39 is 5.97 Å². The van der Waals surface area contributed by atoms with Crippen LogP contribution in [0, 0.1) is 13.8 Å². The van der Waals surface area contributed by atoms with Gasteiger partial charge in [0.2, 0.25) is 5.91 Å². The van der Waals surface area contributed by atoms with Crippen LogP contribution < -0.4 is 10.1 Å². The topological polar surface area (TPSA) is 95.3 Å². The Bertz CT molecular complexity index is 1200. The van der Waals surface area contributed by atoms with Crippen LogP contribution in [0.4, 0.5) is 5.00 Å². The minimum absolute atomic E-state index is 0.152. The zero-order valence-electron chi connectivity index (χ0n) is 19.8. The number of esters is 1. The summed E-state index contributed by atoms with van der Waals surface area (Å²) in [6, 6.07) is 6.07. The lowest BCUT2D eigenvalue weighted by atomic mass is 10.1. The third-order valence-electron chi connectivity index (χ3n) is 5.57. The van der Waals surface area contributed by atoms with Gasteiger partial charge in [-0.05, 0) is 68.9 Å². The molecule has 1 aromatic carbocycles. The molecule has 1 aliphatic carbocycles. The molecule has 1 amide bonds. The summed E-state index contributed by atoms with van der Waals surface area (Å²) < 4.78 is 12.8. The van der Waals surface area contributed by atoms with Gasteiger partial charge in [0.05, 0.1) is 18.4 Å². The first kappa shape index (κ1) is 24.3. The van der Waals surface area contributed by atoms with Crippen LogP contribution in [-0.4, -0.2) is 39.5 Å². The lowest BCUT2D eigenvalue weighted by molar-refractivity contribution is -0.113. The van der Waals surface area contributed by atoms with Crippen LogP contribution in [0.15, 0.2) is 23.4 Å². The number of nitrogens with zero attached hydrogens (tertiary/aromatic N) is 3. The maximum absolute atomic E-state index is 12.7. The summed E-state index contributed by atoms with van der Waals surface area (Å²) in [6.07, 6.45) is 2.80. The van der Waals surface area contributed by atoms with Crippen LogP contribution in [0.5, 0.6) is 5.75 Å². The molecule has 0 saturated carbocycles. The molecule has 0 saturated heterocycles. The predicted molar refractivity (Wildman–Crippen MR) is 133 cm³/mol. The van der Waals surface area contributed by atoms with E-state index in [-0.39, 0.29) is 11.7 Å². The van der Waals surface area contributed by atoms with Crippen LogP contribution in [-0.2, 0) is 35.5 Å². The van der Waals surface area contributed by atoms with Crippen molar-refractivity contribution in [2.75, 3.05) is 18.2 Å². The zero-order valence-corrected chi connectivity index (χ0v) is 21.4. The van der Waals surface area contributed by atoms with Crippen molar-refractivity contribution in [3.05, 3.63) is 51.2 Å². The van der Waals surface area contributed by atoms with E-state index in [1.807, 2.05) is 37.5 Å². The van der Waals surface area contributed by atoms with Gasteiger partial charge in [0.15, 0.2) is 11.0 Å². The standard InChI is InChI=1S/C24H28N4O4S2/c1-5-28-19(12-32-16-10-14(2)9-15(3)11-16)26-27-24(28)33-13-20(29)25-22-21(23(30)31-4)17-7-6-8-18(17)34-22/h9-11H,5-8,12-13H2,1-4H3,(H,25,29). The average Bonchev–Trinajstić information content (AvgIpc) is 3.49. The zero-order chi connectivity index (χ0) is 24.2. The minimum Gasteiger partial charge on any atom is -0.486 e. The van der Waals surface area contributed by atoms with Gasteiger partial charge in [0, 0.05) is 11.4 Å². The molecular formula is C24H28N4O4S2. The summed E-state index contributed by atoms with van der Waals surface area (Å²) in [5.41, 5.74) is 3.79. The molecule has 0 aliphatic heterocycles. The molecule has 10 heteroatoms. The Labute approximate surface area is 207 Å². The number of nitrogens with one attached hydrogen (secondary N) is 1. The summed E-state index contributed by atoms with van der Waals surface area (Å²) in [5.74, 6) is 1.04. The van der Waals surface area contributed by atoms with Crippen molar-refractivity contribution in [2.24, 2.45) is 0 Å². The molecule has 1 N–H and O–H groups in total. The number of aromatic nitrogens is 3. The SMILES string of the molecule is CCn1c(COc2cc(C)cc(C)c2)nnc1SCC(=O)Nc1sc2c(c1C(=O)OC)CCC2. The van der Waals surface area contributed by atoms with Crippen molar-refractivity contribution in [1.29, 1.82) is 0 Å². The van der Waals surface area contributed by atoms with Gasteiger partial charge < -0.3 is 19.4 Å². The summed E-state index contributed by atoms with van der Waals surface area (Å²) in [6.45, 7) is 7.02. The number of anilines is 1. The summed E-state index contributed by atoms with van der Waals surface area (Å²) in [7, 11) is 1.36. The number of amides is 1. The monoisotopic (exact) mass is 500 g/mol. The van der Waals surface area contributed by atoms with Gasteiger partial charge in [-0.15, -0.1) is 21.5 Å². The largest absolute Gasteiger partial charge is 0.486 e. The second kappa shape index (κ2) is 10.6. The number of thioether (sulfide) groups is 1. The Kier molecular flexibility index (Phi) is 7.57. The van der Waals surface area contributed by atoms with Crippen molar-refractivity contribution in [3.63, 3.8) is 0 Å². The van der Waals surface area contributed by atoms with E-state index in [1.165, 1.54) is 30.2 Å². The number of benzene rings is 1. The molecule has 180 valence electrons. The molecule has 0 atom stereocenters. The second-order valence-corrected chi connectivity index (χ2v) is 10.2. The number of thiophene rings is 1. The quantitative estimate of drug-likeness (QED) is 0.340. The minimum atomic E-state index is -0.401. The Morgan fingerprint density at radius 1 is 1.18 bits per heavy atom. The van der Waals surface area contributed by atoms with Crippen LogP contribution in [0.3, 0.4) is 0 Å². The first-order valence-corrected chi connectivity index (χ1v) is 13.0. The molecule has 0 spiro atoms. The number of hydrogen-bond donors (Lipinski definition) is 1. The molecule has 8 nitrogen and oxygen atoms in total. The van der Waals surface area contributed by atoms with E-state index in [0.717, 1.165) is 46.6 Å². The summed E-state index contributed by atoms with van der Waals surface area (Å²) in [4.78, 5) is 26.2. The van der Waals surface area contributed by atoms with E-state index >= 15 is 0 Å². The van der Waals surface area contributed by atoms with E-state index in [1.54, 1.807) is 0 Å². The van der Waals surface area contributed by atoms with Gasteiger partial charge in [-0.2, -0.15) is 0 Å². The van der Waals surface area contributed by atoms with Crippen molar-refractivity contribution >= 4 is 40.0 Å². The van der Waals surface area contributed by atoms with Crippen LogP contribution in [0.25, 0.3) is 0 Å². The Balaban J connectivity index is 1.39. The molecule has 1 aliphatic rings. The normalized spacial score (nSPS) is 12.5. The molecule has 0 radical (unpaired) electrons. The highest BCUT2D eigenvalue weighted by molar-refractivity contribution is 7.99. The highest BCUT2D eigenvalue weighted by Crippen LogP contribution is 2.39. The van der Waals surface area contributed by atoms with Crippen molar-refractivity contribution in [3.8, 4) is 5.75 Å². The molecule has 4 rings (SSSR count). The molecule has 0 bridgehead atoms. The maximum atomic E-state index is 12.7. The average molecular weight is 501 g/mol. The van der Waals surface area contributed by atoms with Gasteiger partial charge in [-0.3, -0.25) is 4.79 Å². The van der Waals surface area contributed by atoms with Crippen molar-refractivity contribution in [1.82, 2.24) is 14.8 Å². The fourth-order valence-corrected chi connectivity index (χ4v) is 6.23. The Morgan fingerprint density at radius 2 is 1.94 bits per heavy atom. The number of methoxy groups -OCH3 is 1. The van der Waals surface area contributed by atoms with E-state index in [2.05, 4.69) is 21.6 Å². The number of aryl methyl sites for hydroxylation is 3. The van der Waals surface area contributed by atoms with Crippen molar-refractivity contribution in [2.45, 2.75) is 58.3 Å². The number of rotatable bonds is 9. The smallest absolute Gasteiger partial charge is 0.341 e. The fourth-order valence-electron chi connectivity index (χ4n) is 4.12. The third kappa shape index (κ3) is 5.28. The fraction of sp³-hybridized carbons (Fsp3) is 0.417. The number of carbonyl (C=O) groups excluding carboxylic acids is 2. The van der Waals surface area contributed by atoms with Gasteiger partial charge >= 0.3 is 5.97 Å². The summed E-state index contributed by atoms with van der Waals surface area (Å²) in [5, 5.41) is 12.6. The number of ether oxygens (including phenoxy) is 2. The maximum Gasteiger partial charge on any atom is 0.341 e. The highest BCUT2D eigenvalue weighted by Gasteiger charge is 2.28. The molecule has 0 unspecified atom stereocenters. The van der Waals surface area contributed by atoms with E-state index in [4.69, 9.17) is 9.47 Å². The highest BCUT2D eigenvalue weighted by atomic mass is 32.2. The first-order chi connectivity index (χ1) is 16.4. The number of carbonyl (C=O) groups is 2. The van der Waals surface area contributed by atoms with Crippen LogP contribution >= 0.6 is 23.1 Å². The third-order valence-corrected chi connectivity index (χ3v) is 7.74. The van der Waals surface area contributed by atoms with E-state index in [0.29, 0.717) is 34.7 Å². The molecule has 3 aromatic rings. The predicted octanol–water partition coefficient (Wildman–Crippen LogP) is 4.56. The Hall–Kier alpha value is -2.85. The molecular weight excluding hydrogens is 472 g/mol. The molecule has 34 heavy (non-hydrogen) atoms. The Morgan fingerprint density at radius 3 is 2.65 bits per heavy atom. The number of fused-ring (bicyclic) bond motifs is 1. The van der Waals surface area contributed by atoms with Gasteiger partial charge in [0.1, 0.15) is 17.4 Å². The van der Waals surface area contributed by atoms with Gasteiger partial charge in [-0.1, -0.05) is 17.8 Å². The first-order valence-electron chi connectivity index (χ1n) is 11.2. The van der Waals surface area contributed by atoms with Crippen LogP contribution in [0.1, 0.15) is 51.1 Å². The number of hydrogen-bond acceptors (Lipinski definition) is 8. The summed E-state index contributed by atoms with van der Waals surface area (Å²) >= 11 is 2.78.